The standard InChI is InChI=1S/C31H36/c1-6-7-22-11-13-27-28(22)18-30-24(23-10-8-20(2)16-23)14-15-26(30)25-12-9-21(17-29(25)27)19-31(3,4)5/h8-9,11-17,26,28H,6-7,10,18-19H2,1-5H3. The van der Waals surface area contributed by atoms with Crippen LogP contribution in [0.4, 0.5) is 0 Å². The summed E-state index contributed by atoms with van der Waals surface area (Å²) in [4.78, 5) is 0. The minimum atomic E-state index is 0.305. The van der Waals surface area contributed by atoms with Crippen molar-refractivity contribution in [3.05, 3.63) is 99.2 Å². The first-order chi connectivity index (χ1) is 14.8. The first-order valence-electron chi connectivity index (χ1n) is 12.2. The van der Waals surface area contributed by atoms with Gasteiger partial charge in [-0.3, -0.25) is 0 Å². The number of rotatable bonds is 4. The Morgan fingerprint density at radius 3 is 2.65 bits per heavy atom. The smallest absolute Gasteiger partial charge is 0.0247 e. The van der Waals surface area contributed by atoms with Crippen LogP contribution in [-0.2, 0) is 6.42 Å². The Morgan fingerprint density at radius 2 is 1.94 bits per heavy atom. The largest absolute Gasteiger partial charge is 0.0772 e. The summed E-state index contributed by atoms with van der Waals surface area (Å²) < 4.78 is 0. The summed E-state index contributed by atoms with van der Waals surface area (Å²) in [5.74, 6) is 0.986. The van der Waals surface area contributed by atoms with Crippen LogP contribution in [0.3, 0.4) is 0 Å². The van der Waals surface area contributed by atoms with E-state index in [1.165, 1.54) is 52.7 Å². The van der Waals surface area contributed by atoms with Crippen molar-refractivity contribution in [3.63, 3.8) is 0 Å². The minimum absolute atomic E-state index is 0.305. The molecule has 0 heterocycles. The third-order valence-corrected chi connectivity index (χ3v) is 7.33. The van der Waals surface area contributed by atoms with Crippen molar-refractivity contribution in [2.24, 2.45) is 11.3 Å². The molecule has 0 aromatic heterocycles. The van der Waals surface area contributed by atoms with Gasteiger partial charge in [-0.25, -0.2) is 0 Å². The summed E-state index contributed by atoms with van der Waals surface area (Å²) in [6.45, 7) is 11.6. The fraction of sp³-hybridized carbons (Fsp3) is 0.419. The molecular weight excluding hydrogens is 372 g/mol. The van der Waals surface area contributed by atoms with E-state index in [0.29, 0.717) is 17.3 Å². The third kappa shape index (κ3) is 3.75. The van der Waals surface area contributed by atoms with Gasteiger partial charge in [-0.1, -0.05) is 105 Å². The maximum atomic E-state index is 2.53. The zero-order valence-corrected chi connectivity index (χ0v) is 19.9. The lowest BCUT2D eigenvalue weighted by Gasteiger charge is -2.21. The molecule has 0 saturated heterocycles. The van der Waals surface area contributed by atoms with Crippen molar-refractivity contribution in [1.29, 1.82) is 0 Å². The van der Waals surface area contributed by atoms with Crippen LogP contribution < -0.4 is 0 Å². The normalized spacial score (nSPS) is 24.3. The molecule has 1 aromatic rings. The molecule has 5 rings (SSSR count). The molecule has 1 aromatic carbocycles. The van der Waals surface area contributed by atoms with E-state index in [9.17, 15) is 0 Å². The minimum Gasteiger partial charge on any atom is -0.0772 e. The zero-order valence-electron chi connectivity index (χ0n) is 19.9. The van der Waals surface area contributed by atoms with Gasteiger partial charge in [0.2, 0.25) is 0 Å². The van der Waals surface area contributed by atoms with E-state index >= 15 is 0 Å². The number of benzene rings is 1. The van der Waals surface area contributed by atoms with Gasteiger partial charge in [0, 0.05) is 11.8 Å². The summed E-state index contributed by atoms with van der Waals surface area (Å²) >= 11 is 0. The Kier molecular flexibility index (Phi) is 5.08. The second-order valence-corrected chi connectivity index (χ2v) is 11.1. The van der Waals surface area contributed by atoms with Gasteiger partial charge < -0.3 is 0 Å². The van der Waals surface area contributed by atoms with Gasteiger partial charge in [-0.05, 0) is 71.4 Å². The van der Waals surface area contributed by atoms with Crippen molar-refractivity contribution in [2.45, 2.75) is 72.6 Å². The summed E-state index contributed by atoms with van der Waals surface area (Å²) in [5, 5.41) is 0. The van der Waals surface area contributed by atoms with Crippen LogP contribution in [0.15, 0.2) is 82.5 Å². The molecule has 0 aliphatic heterocycles. The third-order valence-electron chi connectivity index (χ3n) is 7.33. The van der Waals surface area contributed by atoms with E-state index in [2.05, 4.69) is 89.3 Å². The van der Waals surface area contributed by atoms with E-state index < -0.39 is 0 Å². The van der Waals surface area contributed by atoms with Gasteiger partial charge in [0.1, 0.15) is 0 Å². The number of fused-ring (bicyclic) bond motifs is 5. The second-order valence-electron chi connectivity index (χ2n) is 11.1. The van der Waals surface area contributed by atoms with E-state index in [4.69, 9.17) is 0 Å². The highest BCUT2D eigenvalue weighted by Gasteiger charge is 2.36. The molecule has 0 fully saturated rings. The van der Waals surface area contributed by atoms with E-state index in [0.717, 1.165) is 12.8 Å². The fourth-order valence-corrected chi connectivity index (χ4v) is 6.04. The molecule has 0 saturated carbocycles. The van der Waals surface area contributed by atoms with Crippen LogP contribution in [0.25, 0.3) is 5.57 Å². The van der Waals surface area contributed by atoms with Crippen LogP contribution in [0.5, 0.6) is 0 Å². The number of allylic oxidation sites excluding steroid dienone is 12. The molecule has 2 atom stereocenters. The van der Waals surface area contributed by atoms with Crippen LogP contribution in [-0.4, -0.2) is 0 Å². The molecule has 2 unspecified atom stereocenters. The Bertz CT molecular complexity index is 1100. The van der Waals surface area contributed by atoms with Crippen molar-refractivity contribution in [3.8, 4) is 0 Å². The molecule has 0 amide bonds. The predicted molar refractivity (Wildman–Crippen MR) is 134 cm³/mol. The van der Waals surface area contributed by atoms with Gasteiger partial charge in [0.15, 0.2) is 0 Å². The maximum Gasteiger partial charge on any atom is 0.0247 e. The molecule has 0 bridgehead atoms. The summed E-state index contributed by atoms with van der Waals surface area (Å²) in [6, 6.07) is 7.36. The molecule has 160 valence electrons. The lowest BCUT2D eigenvalue weighted by Crippen LogP contribution is -2.10. The highest BCUT2D eigenvalue weighted by Crippen LogP contribution is 2.53. The summed E-state index contributed by atoms with van der Waals surface area (Å²) in [5.41, 5.74) is 14.1. The first kappa shape index (κ1) is 20.6. The van der Waals surface area contributed by atoms with E-state index in [1.807, 2.05) is 0 Å². The molecule has 4 aliphatic rings. The molecule has 0 heteroatoms. The zero-order chi connectivity index (χ0) is 21.8. The highest BCUT2D eigenvalue weighted by molar-refractivity contribution is 5.80. The predicted octanol–water partition coefficient (Wildman–Crippen LogP) is 8.65. The Hall–Kier alpha value is -2.34. The lowest BCUT2D eigenvalue weighted by atomic mass is 9.83. The molecule has 0 spiro atoms. The van der Waals surface area contributed by atoms with Gasteiger partial charge in [-0.2, -0.15) is 0 Å². The van der Waals surface area contributed by atoms with Crippen LogP contribution in [0.2, 0.25) is 0 Å². The SMILES string of the molecule is CCCC1=CC=C2c3cc(CC(C)(C)C)ccc3C3C=CC(C4=CC(C)=CC4)=C3CC12. The number of hydrogen-bond donors (Lipinski definition) is 0. The monoisotopic (exact) mass is 408 g/mol. The van der Waals surface area contributed by atoms with Gasteiger partial charge in [0.25, 0.3) is 0 Å². The van der Waals surface area contributed by atoms with Crippen LogP contribution in [0.1, 0.15) is 82.9 Å². The second kappa shape index (κ2) is 7.66. The van der Waals surface area contributed by atoms with Crippen LogP contribution >= 0.6 is 0 Å². The van der Waals surface area contributed by atoms with E-state index in [1.54, 1.807) is 16.7 Å². The van der Waals surface area contributed by atoms with Crippen molar-refractivity contribution in [2.75, 3.05) is 0 Å². The summed E-state index contributed by atoms with van der Waals surface area (Å²) in [6.07, 6.45) is 20.4. The van der Waals surface area contributed by atoms with Gasteiger partial charge in [0.05, 0.1) is 0 Å². The number of hydrogen-bond acceptors (Lipinski definition) is 0. The van der Waals surface area contributed by atoms with Crippen molar-refractivity contribution in [1.82, 2.24) is 0 Å². The first-order valence-corrected chi connectivity index (χ1v) is 12.2. The highest BCUT2D eigenvalue weighted by atomic mass is 14.4. The van der Waals surface area contributed by atoms with Crippen molar-refractivity contribution >= 4 is 5.57 Å². The molecule has 4 aliphatic carbocycles. The molecule has 31 heavy (non-hydrogen) atoms. The average Bonchev–Trinajstić information content (AvgIpc) is 3.39. The average molecular weight is 409 g/mol. The molecular formula is C31H36. The molecule has 0 radical (unpaired) electrons. The lowest BCUT2D eigenvalue weighted by molar-refractivity contribution is 0.411. The molecule has 0 nitrogen and oxygen atoms in total. The summed E-state index contributed by atoms with van der Waals surface area (Å²) in [7, 11) is 0. The molecule has 0 N–H and O–H groups in total. The van der Waals surface area contributed by atoms with Gasteiger partial charge in [-0.15, -0.1) is 0 Å². The Labute approximate surface area is 188 Å². The van der Waals surface area contributed by atoms with Crippen molar-refractivity contribution < 1.29 is 0 Å². The Balaban J connectivity index is 1.63. The quantitative estimate of drug-likeness (QED) is 0.467. The topological polar surface area (TPSA) is 0 Å². The van der Waals surface area contributed by atoms with Gasteiger partial charge >= 0.3 is 0 Å². The van der Waals surface area contributed by atoms with Crippen LogP contribution in [0, 0.1) is 11.3 Å². The van der Waals surface area contributed by atoms with E-state index in [-0.39, 0.29) is 0 Å². The Morgan fingerprint density at radius 1 is 1.10 bits per heavy atom. The maximum absolute atomic E-state index is 2.53. The fourth-order valence-electron chi connectivity index (χ4n) is 6.04.